The molecule has 1 fully saturated rings. The number of hydrogen-bond donors (Lipinski definition) is 0. The molecule has 1 aliphatic heterocycles. The summed E-state index contributed by atoms with van der Waals surface area (Å²) in [6.07, 6.45) is 2.19. The van der Waals surface area contributed by atoms with Crippen LogP contribution in [-0.2, 0) is 14.8 Å². The summed E-state index contributed by atoms with van der Waals surface area (Å²) in [5, 5.41) is 0. The number of benzene rings is 1. The van der Waals surface area contributed by atoms with Crippen LogP contribution in [0.1, 0.15) is 38.7 Å². The second-order valence-electron chi connectivity index (χ2n) is 6.51. The fourth-order valence-corrected chi connectivity index (χ4v) is 4.97. The van der Waals surface area contributed by atoms with Gasteiger partial charge in [-0.05, 0) is 49.9 Å². The van der Waals surface area contributed by atoms with E-state index < -0.39 is 15.8 Å². The molecular weight excluding hydrogens is 343 g/mol. The molecule has 0 saturated carbocycles. The van der Waals surface area contributed by atoms with Crippen LogP contribution in [0.4, 0.5) is 4.39 Å². The van der Waals surface area contributed by atoms with Gasteiger partial charge in [-0.15, -0.1) is 0 Å². The maximum atomic E-state index is 13.3. The van der Waals surface area contributed by atoms with E-state index in [1.165, 1.54) is 22.5 Å². The van der Waals surface area contributed by atoms with Crippen molar-refractivity contribution in [3.8, 4) is 0 Å². The average molecular weight is 370 g/mol. The maximum Gasteiger partial charge on any atom is 0.243 e. The number of aryl methyl sites for hydroxylation is 1. The SMILES string of the molecule is CCC(CC)C(=O)N1CCCN(S(=O)(=O)c2ccc(F)cc2C)CC1. The molecule has 0 atom stereocenters. The molecule has 1 aromatic rings. The van der Waals surface area contributed by atoms with Crippen LogP contribution in [0.5, 0.6) is 0 Å². The van der Waals surface area contributed by atoms with Gasteiger partial charge in [0, 0.05) is 32.1 Å². The number of rotatable bonds is 5. The van der Waals surface area contributed by atoms with E-state index >= 15 is 0 Å². The molecule has 25 heavy (non-hydrogen) atoms. The van der Waals surface area contributed by atoms with Gasteiger partial charge < -0.3 is 4.90 Å². The Morgan fingerprint density at radius 2 is 1.84 bits per heavy atom. The van der Waals surface area contributed by atoms with E-state index in [1.807, 2.05) is 13.8 Å². The number of carbonyl (C=O) groups is 1. The highest BCUT2D eigenvalue weighted by Crippen LogP contribution is 2.22. The smallest absolute Gasteiger partial charge is 0.243 e. The van der Waals surface area contributed by atoms with Gasteiger partial charge in [0.1, 0.15) is 5.82 Å². The number of hydrogen-bond acceptors (Lipinski definition) is 3. The minimum atomic E-state index is -3.68. The number of nitrogens with zero attached hydrogens (tertiary/aromatic N) is 2. The Balaban J connectivity index is 2.16. The van der Waals surface area contributed by atoms with Crippen LogP contribution in [0.15, 0.2) is 23.1 Å². The van der Waals surface area contributed by atoms with Gasteiger partial charge in [0.15, 0.2) is 0 Å². The molecule has 1 aliphatic rings. The summed E-state index contributed by atoms with van der Waals surface area (Å²) >= 11 is 0. The van der Waals surface area contributed by atoms with Crippen LogP contribution in [0.25, 0.3) is 0 Å². The van der Waals surface area contributed by atoms with E-state index in [2.05, 4.69) is 0 Å². The lowest BCUT2D eigenvalue weighted by atomic mass is 10.0. The largest absolute Gasteiger partial charge is 0.341 e. The van der Waals surface area contributed by atoms with Crippen molar-refractivity contribution < 1.29 is 17.6 Å². The molecule has 0 unspecified atom stereocenters. The first kappa shape index (κ1) is 19.8. The molecule has 1 aromatic carbocycles. The third-order valence-corrected chi connectivity index (χ3v) is 6.92. The summed E-state index contributed by atoms with van der Waals surface area (Å²) in [7, 11) is -3.68. The van der Waals surface area contributed by atoms with Gasteiger partial charge in [-0.25, -0.2) is 12.8 Å². The summed E-state index contributed by atoms with van der Waals surface area (Å²) in [5.74, 6) is -0.334. The van der Waals surface area contributed by atoms with E-state index in [0.717, 1.165) is 12.8 Å². The van der Waals surface area contributed by atoms with Gasteiger partial charge in [-0.2, -0.15) is 4.31 Å². The zero-order valence-corrected chi connectivity index (χ0v) is 16.0. The maximum absolute atomic E-state index is 13.3. The highest BCUT2D eigenvalue weighted by Gasteiger charge is 2.30. The summed E-state index contributed by atoms with van der Waals surface area (Å²) in [6, 6.07) is 3.71. The van der Waals surface area contributed by atoms with Crippen LogP contribution in [0.2, 0.25) is 0 Å². The highest BCUT2D eigenvalue weighted by atomic mass is 32.2. The molecule has 140 valence electrons. The molecule has 0 aliphatic carbocycles. The lowest BCUT2D eigenvalue weighted by Gasteiger charge is -2.25. The third-order valence-electron chi connectivity index (χ3n) is 4.86. The molecule has 0 N–H and O–H groups in total. The van der Waals surface area contributed by atoms with Crippen LogP contribution in [0.3, 0.4) is 0 Å². The Morgan fingerprint density at radius 3 is 2.44 bits per heavy atom. The van der Waals surface area contributed by atoms with E-state index in [4.69, 9.17) is 0 Å². The summed E-state index contributed by atoms with van der Waals surface area (Å²) in [5.41, 5.74) is 0.397. The fourth-order valence-electron chi connectivity index (χ4n) is 3.29. The molecule has 1 saturated heterocycles. The monoisotopic (exact) mass is 370 g/mol. The van der Waals surface area contributed by atoms with Crippen molar-refractivity contribution in [2.75, 3.05) is 26.2 Å². The molecule has 7 heteroatoms. The topological polar surface area (TPSA) is 57.7 Å². The first-order chi connectivity index (χ1) is 11.8. The lowest BCUT2D eigenvalue weighted by molar-refractivity contribution is -0.135. The molecule has 1 heterocycles. The van der Waals surface area contributed by atoms with Crippen molar-refractivity contribution in [3.63, 3.8) is 0 Å². The third kappa shape index (κ3) is 4.39. The van der Waals surface area contributed by atoms with Gasteiger partial charge in [0.2, 0.25) is 15.9 Å². The summed E-state index contributed by atoms with van der Waals surface area (Å²) in [6.45, 7) is 7.20. The molecule has 1 amide bonds. The van der Waals surface area contributed by atoms with Crippen molar-refractivity contribution in [2.45, 2.75) is 44.9 Å². The lowest BCUT2D eigenvalue weighted by Crippen LogP contribution is -2.39. The van der Waals surface area contributed by atoms with Crippen molar-refractivity contribution in [1.29, 1.82) is 0 Å². The Morgan fingerprint density at radius 1 is 1.16 bits per heavy atom. The standard InChI is InChI=1S/C18H27FN2O3S/c1-4-15(5-2)18(22)20-9-6-10-21(12-11-20)25(23,24)17-8-7-16(19)13-14(17)3/h7-8,13,15H,4-6,9-12H2,1-3H3. The van der Waals surface area contributed by atoms with Crippen LogP contribution >= 0.6 is 0 Å². The van der Waals surface area contributed by atoms with E-state index in [1.54, 1.807) is 11.8 Å². The van der Waals surface area contributed by atoms with E-state index in [9.17, 15) is 17.6 Å². The number of halogens is 1. The van der Waals surface area contributed by atoms with Gasteiger partial charge in [-0.1, -0.05) is 13.8 Å². The molecular formula is C18H27FN2O3S. The van der Waals surface area contributed by atoms with Gasteiger partial charge >= 0.3 is 0 Å². The minimum absolute atomic E-state index is 0.00231. The van der Waals surface area contributed by atoms with Gasteiger partial charge in [0.05, 0.1) is 4.90 Å². The van der Waals surface area contributed by atoms with Crippen LogP contribution < -0.4 is 0 Å². The van der Waals surface area contributed by atoms with Crippen molar-refractivity contribution in [1.82, 2.24) is 9.21 Å². The van der Waals surface area contributed by atoms with Crippen molar-refractivity contribution >= 4 is 15.9 Å². The van der Waals surface area contributed by atoms with Crippen molar-refractivity contribution in [2.24, 2.45) is 5.92 Å². The zero-order valence-electron chi connectivity index (χ0n) is 15.2. The second-order valence-corrected chi connectivity index (χ2v) is 8.41. The average Bonchev–Trinajstić information content (AvgIpc) is 2.82. The predicted octanol–water partition coefficient (Wildman–Crippen LogP) is 2.79. The number of sulfonamides is 1. The number of carbonyl (C=O) groups excluding carboxylic acids is 1. The Kier molecular flexibility index (Phi) is 6.57. The predicted molar refractivity (Wildman–Crippen MR) is 95.2 cm³/mol. The highest BCUT2D eigenvalue weighted by molar-refractivity contribution is 7.89. The van der Waals surface area contributed by atoms with Crippen LogP contribution in [0, 0.1) is 18.7 Å². The normalized spacial score (nSPS) is 16.9. The molecule has 0 bridgehead atoms. The molecule has 5 nitrogen and oxygen atoms in total. The molecule has 2 rings (SSSR count). The number of amides is 1. The van der Waals surface area contributed by atoms with Crippen LogP contribution in [-0.4, -0.2) is 49.7 Å². The van der Waals surface area contributed by atoms with Gasteiger partial charge in [0.25, 0.3) is 0 Å². The Bertz CT molecular complexity index is 717. The molecule has 0 spiro atoms. The first-order valence-corrected chi connectivity index (χ1v) is 10.3. The van der Waals surface area contributed by atoms with E-state index in [-0.39, 0.29) is 23.3 Å². The van der Waals surface area contributed by atoms with Crippen molar-refractivity contribution in [3.05, 3.63) is 29.6 Å². The molecule has 0 radical (unpaired) electrons. The van der Waals surface area contributed by atoms with E-state index in [0.29, 0.717) is 31.6 Å². The minimum Gasteiger partial charge on any atom is -0.341 e. The Labute approximate surface area is 149 Å². The summed E-state index contributed by atoms with van der Waals surface area (Å²) < 4.78 is 40.5. The molecule has 0 aromatic heterocycles. The summed E-state index contributed by atoms with van der Waals surface area (Å²) in [4.78, 5) is 14.5. The Hall–Kier alpha value is -1.47. The second kappa shape index (κ2) is 8.27. The quantitative estimate of drug-likeness (QED) is 0.801. The fraction of sp³-hybridized carbons (Fsp3) is 0.611. The zero-order chi connectivity index (χ0) is 18.6. The van der Waals surface area contributed by atoms with Gasteiger partial charge in [-0.3, -0.25) is 4.79 Å². The first-order valence-electron chi connectivity index (χ1n) is 8.86.